The van der Waals surface area contributed by atoms with Crippen LogP contribution in [0.15, 0.2) is 18.5 Å². The van der Waals surface area contributed by atoms with E-state index in [4.69, 9.17) is 16.3 Å². The van der Waals surface area contributed by atoms with Crippen molar-refractivity contribution in [2.75, 3.05) is 25.6 Å². The van der Waals surface area contributed by atoms with Crippen molar-refractivity contribution in [1.29, 1.82) is 0 Å². The molecule has 0 aliphatic carbocycles. The normalized spacial score (nSPS) is 13.6. The third-order valence-corrected chi connectivity index (χ3v) is 3.12. The van der Waals surface area contributed by atoms with Gasteiger partial charge < -0.3 is 10.1 Å². The van der Waals surface area contributed by atoms with Gasteiger partial charge in [0, 0.05) is 32.1 Å². The van der Waals surface area contributed by atoms with Gasteiger partial charge in [0.2, 0.25) is 0 Å². The minimum atomic E-state index is -4.48. The molecule has 0 fully saturated rings. The molecule has 116 valence electrons. The van der Waals surface area contributed by atoms with Gasteiger partial charge in [-0.3, -0.25) is 0 Å². The molecule has 0 spiro atoms. The molecule has 2 rings (SSSR count). The Morgan fingerprint density at radius 3 is 2.90 bits per heavy atom. The fraction of sp³-hybridized carbons (Fsp3) is 0.500. The van der Waals surface area contributed by atoms with E-state index < -0.39 is 11.9 Å². The number of fused-ring (bicyclic) bond motifs is 1. The zero-order valence-electron chi connectivity index (χ0n) is 11.2. The minimum Gasteiger partial charge on any atom is -0.383 e. The van der Waals surface area contributed by atoms with Crippen LogP contribution in [0.2, 0.25) is 0 Å². The number of nitrogens with zero attached hydrogens (tertiary/aromatic N) is 3. The number of alkyl halides is 4. The highest BCUT2D eigenvalue weighted by Crippen LogP contribution is 2.30. The molecule has 2 aromatic heterocycles. The van der Waals surface area contributed by atoms with Gasteiger partial charge in [-0.15, -0.1) is 11.6 Å². The Balaban J connectivity index is 2.11. The van der Waals surface area contributed by atoms with Gasteiger partial charge in [-0.1, -0.05) is 0 Å². The van der Waals surface area contributed by atoms with Gasteiger partial charge in [0.15, 0.2) is 11.5 Å². The SMILES string of the molecule is COCC(Cl)CCNc1nccn2nc(C(F)(F)F)cc12. The quantitative estimate of drug-likeness (QED) is 0.831. The van der Waals surface area contributed by atoms with Gasteiger partial charge in [0.1, 0.15) is 5.52 Å². The zero-order valence-corrected chi connectivity index (χ0v) is 11.9. The minimum absolute atomic E-state index is 0.169. The number of methoxy groups -OCH3 is 1. The summed E-state index contributed by atoms with van der Waals surface area (Å²) in [7, 11) is 1.55. The molecule has 2 aromatic rings. The van der Waals surface area contributed by atoms with E-state index in [0.717, 1.165) is 10.6 Å². The molecule has 9 heteroatoms. The lowest BCUT2D eigenvalue weighted by atomic mass is 10.3. The molecule has 1 atom stereocenters. The van der Waals surface area contributed by atoms with Crippen LogP contribution < -0.4 is 5.32 Å². The molecule has 21 heavy (non-hydrogen) atoms. The molecule has 0 aliphatic rings. The van der Waals surface area contributed by atoms with Crippen LogP contribution in [0.3, 0.4) is 0 Å². The highest BCUT2D eigenvalue weighted by atomic mass is 35.5. The molecule has 1 N–H and O–H groups in total. The van der Waals surface area contributed by atoms with E-state index in [1.165, 1.54) is 12.4 Å². The van der Waals surface area contributed by atoms with Crippen molar-refractivity contribution >= 4 is 22.9 Å². The zero-order chi connectivity index (χ0) is 15.5. The average Bonchev–Trinajstić information content (AvgIpc) is 2.84. The molecule has 2 heterocycles. The number of hydrogen-bond acceptors (Lipinski definition) is 4. The summed E-state index contributed by atoms with van der Waals surface area (Å²) in [6.07, 6.45) is -1.14. The second-order valence-electron chi connectivity index (χ2n) is 4.40. The Morgan fingerprint density at radius 2 is 2.24 bits per heavy atom. The van der Waals surface area contributed by atoms with Gasteiger partial charge >= 0.3 is 6.18 Å². The van der Waals surface area contributed by atoms with Crippen LogP contribution in [-0.4, -0.2) is 40.2 Å². The van der Waals surface area contributed by atoms with E-state index in [2.05, 4.69) is 15.4 Å². The number of anilines is 1. The van der Waals surface area contributed by atoms with Gasteiger partial charge in [-0.25, -0.2) is 9.50 Å². The van der Waals surface area contributed by atoms with Crippen molar-refractivity contribution in [3.8, 4) is 0 Å². The molecule has 5 nitrogen and oxygen atoms in total. The van der Waals surface area contributed by atoms with E-state index >= 15 is 0 Å². The van der Waals surface area contributed by atoms with Crippen molar-refractivity contribution in [2.24, 2.45) is 0 Å². The van der Waals surface area contributed by atoms with Crippen LogP contribution in [0.5, 0.6) is 0 Å². The second kappa shape index (κ2) is 6.48. The smallest absolute Gasteiger partial charge is 0.383 e. The van der Waals surface area contributed by atoms with Gasteiger partial charge in [-0.2, -0.15) is 18.3 Å². The number of ether oxygens (including phenoxy) is 1. The Labute approximate surface area is 124 Å². The first-order valence-electron chi connectivity index (χ1n) is 6.20. The van der Waals surface area contributed by atoms with E-state index in [-0.39, 0.29) is 10.9 Å². The third kappa shape index (κ3) is 3.98. The summed E-state index contributed by atoms with van der Waals surface area (Å²) in [5, 5.41) is 6.28. The summed E-state index contributed by atoms with van der Waals surface area (Å²) >= 11 is 5.98. The largest absolute Gasteiger partial charge is 0.435 e. The number of rotatable bonds is 6. The van der Waals surface area contributed by atoms with Crippen LogP contribution in [-0.2, 0) is 10.9 Å². The van der Waals surface area contributed by atoms with Crippen LogP contribution in [0.1, 0.15) is 12.1 Å². The molecule has 0 aliphatic heterocycles. The summed E-state index contributed by atoms with van der Waals surface area (Å²) in [5.74, 6) is 0.335. The van der Waals surface area contributed by atoms with Crippen molar-refractivity contribution in [2.45, 2.75) is 18.0 Å². The van der Waals surface area contributed by atoms with Crippen LogP contribution >= 0.6 is 11.6 Å². The fourth-order valence-electron chi connectivity index (χ4n) is 1.81. The lowest BCUT2D eigenvalue weighted by Crippen LogP contribution is -2.14. The lowest BCUT2D eigenvalue weighted by molar-refractivity contribution is -0.141. The predicted molar refractivity (Wildman–Crippen MR) is 72.6 cm³/mol. The van der Waals surface area contributed by atoms with Gasteiger partial charge in [-0.05, 0) is 6.42 Å². The maximum Gasteiger partial charge on any atom is 0.435 e. The summed E-state index contributed by atoms with van der Waals surface area (Å²) in [4.78, 5) is 4.03. The first kappa shape index (κ1) is 15.8. The predicted octanol–water partition coefficient (Wildman–Crippen LogP) is 2.80. The molecule has 0 radical (unpaired) electrons. The summed E-state index contributed by atoms with van der Waals surface area (Å²) in [5.41, 5.74) is -0.684. The highest BCUT2D eigenvalue weighted by molar-refractivity contribution is 6.20. The topological polar surface area (TPSA) is 51.5 Å². The number of aromatic nitrogens is 3. The van der Waals surface area contributed by atoms with Gasteiger partial charge in [0.05, 0.1) is 12.0 Å². The van der Waals surface area contributed by atoms with E-state index in [1.54, 1.807) is 7.11 Å². The molecule has 0 amide bonds. The standard InChI is InChI=1S/C12H14ClF3N4O/c1-21-7-8(13)2-3-17-11-9-6-10(12(14,15)16)19-20(9)5-4-18-11/h4-6,8H,2-3,7H2,1H3,(H,17,18). The summed E-state index contributed by atoms with van der Waals surface area (Å²) < 4.78 is 44.0. The molecular formula is C12H14ClF3N4O. The molecular weight excluding hydrogens is 309 g/mol. The molecule has 0 aromatic carbocycles. The van der Waals surface area contributed by atoms with E-state index in [0.29, 0.717) is 25.4 Å². The maximum atomic E-state index is 12.7. The lowest BCUT2D eigenvalue weighted by Gasteiger charge is -2.10. The van der Waals surface area contributed by atoms with Crippen LogP contribution in [0.4, 0.5) is 19.0 Å². The monoisotopic (exact) mass is 322 g/mol. The molecule has 0 saturated carbocycles. The maximum absolute atomic E-state index is 12.7. The van der Waals surface area contributed by atoms with E-state index in [1.807, 2.05) is 0 Å². The van der Waals surface area contributed by atoms with Crippen LogP contribution in [0, 0.1) is 0 Å². The highest BCUT2D eigenvalue weighted by Gasteiger charge is 2.34. The summed E-state index contributed by atoms with van der Waals surface area (Å²) in [6.45, 7) is 0.877. The molecule has 0 bridgehead atoms. The van der Waals surface area contributed by atoms with Crippen LogP contribution in [0.25, 0.3) is 5.52 Å². The van der Waals surface area contributed by atoms with Gasteiger partial charge in [0.25, 0.3) is 0 Å². The Bertz CT molecular complexity index is 602. The molecule has 1 unspecified atom stereocenters. The third-order valence-electron chi connectivity index (χ3n) is 2.78. The number of nitrogens with one attached hydrogen (secondary N) is 1. The second-order valence-corrected chi connectivity index (χ2v) is 5.02. The Kier molecular flexibility index (Phi) is 4.89. The first-order chi connectivity index (χ1) is 9.91. The Hall–Kier alpha value is -1.54. The Morgan fingerprint density at radius 1 is 1.48 bits per heavy atom. The average molecular weight is 323 g/mol. The van der Waals surface area contributed by atoms with Crippen molar-refractivity contribution in [3.05, 3.63) is 24.2 Å². The van der Waals surface area contributed by atoms with Crippen molar-refractivity contribution in [1.82, 2.24) is 14.6 Å². The fourth-order valence-corrected chi connectivity index (χ4v) is 2.04. The van der Waals surface area contributed by atoms with E-state index in [9.17, 15) is 13.2 Å². The first-order valence-corrected chi connectivity index (χ1v) is 6.64. The molecule has 0 saturated heterocycles. The van der Waals surface area contributed by atoms with Crippen molar-refractivity contribution < 1.29 is 17.9 Å². The number of hydrogen-bond donors (Lipinski definition) is 1. The van der Waals surface area contributed by atoms with Crippen molar-refractivity contribution in [3.63, 3.8) is 0 Å². The number of halogens is 4. The summed E-state index contributed by atoms with van der Waals surface area (Å²) in [6, 6.07) is 0.961.